The number of hydrogen-bond acceptors (Lipinski definition) is 4. The third-order valence-electron chi connectivity index (χ3n) is 12.4. The number of unbranched alkanes of at least 4 members (excludes halogenated alkanes) is 39. The van der Waals surface area contributed by atoms with Crippen LogP contribution in [0.4, 0.5) is 0 Å². The Labute approximate surface area is 371 Å². The fourth-order valence-electron chi connectivity index (χ4n) is 8.26. The highest BCUT2D eigenvalue weighted by Gasteiger charge is 2.13. The van der Waals surface area contributed by atoms with Crippen molar-refractivity contribution < 1.29 is 19.0 Å². The van der Waals surface area contributed by atoms with Crippen molar-refractivity contribution in [1.82, 2.24) is 0 Å². The molecule has 0 amide bonds. The molecule has 0 aromatic carbocycles. The maximum absolute atomic E-state index is 12.6. The summed E-state index contributed by atoms with van der Waals surface area (Å²) in [6, 6.07) is 0. The van der Waals surface area contributed by atoms with Crippen LogP contribution in [0.5, 0.6) is 0 Å². The van der Waals surface area contributed by atoms with E-state index < -0.39 is 0 Å². The van der Waals surface area contributed by atoms with E-state index in [9.17, 15) is 4.79 Å². The first-order valence-corrected chi connectivity index (χ1v) is 27.2. The average molecular weight is 833 g/mol. The molecule has 0 N–H and O–H groups in total. The van der Waals surface area contributed by atoms with E-state index in [1.807, 2.05) is 0 Å². The van der Waals surface area contributed by atoms with Gasteiger partial charge in [0.1, 0.15) is 12.7 Å². The number of ether oxygens (including phenoxy) is 3. The van der Waals surface area contributed by atoms with Crippen molar-refractivity contribution in [3.63, 3.8) is 0 Å². The van der Waals surface area contributed by atoms with Crippen LogP contribution in [0, 0.1) is 0 Å². The smallest absolute Gasteiger partial charge is 0.305 e. The molecule has 4 nitrogen and oxygen atoms in total. The summed E-state index contributed by atoms with van der Waals surface area (Å²) in [5.41, 5.74) is 0. The SMILES string of the molecule is CCCCCCCC/C=C\CCCCCCCCOC(COCCCCCCCCCCCCCCCC)COC(=O)CCCCCCCCCCCCCCCCC. The highest BCUT2D eigenvalue weighted by Crippen LogP contribution is 2.16. The van der Waals surface area contributed by atoms with Gasteiger partial charge in [0.15, 0.2) is 0 Å². The van der Waals surface area contributed by atoms with Crippen LogP contribution in [-0.4, -0.2) is 38.5 Å². The van der Waals surface area contributed by atoms with E-state index in [1.165, 1.54) is 250 Å². The second kappa shape index (κ2) is 53.3. The minimum Gasteiger partial charge on any atom is -0.463 e. The third kappa shape index (κ3) is 51.4. The quantitative estimate of drug-likeness (QED) is 0.0348. The molecule has 59 heavy (non-hydrogen) atoms. The van der Waals surface area contributed by atoms with Gasteiger partial charge in [-0.2, -0.15) is 0 Å². The molecule has 4 heteroatoms. The second-order valence-electron chi connectivity index (χ2n) is 18.5. The molecule has 0 aliphatic heterocycles. The van der Waals surface area contributed by atoms with E-state index in [-0.39, 0.29) is 12.1 Å². The molecule has 0 saturated heterocycles. The zero-order valence-electron chi connectivity index (χ0n) is 40.8. The molecule has 0 aliphatic rings. The van der Waals surface area contributed by atoms with Crippen LogP contribution in [0.2, 0.25) is 0 Å². The van der Waals surface area contributed by atoms with Crippen molar-refractivity contribution >= 4 is 5.97 Å². The zero-order chi connectivity index (χ0) is 42.6. The van der Waals surface area contributed by atoms with E-state index in [0.717, 1.165) is 38.9 Å². The van der Waals surface area contributed by atoms with E-state index >= 15 is 0 Å². The molecule has 0 bridgehead atoms. The predicted molar refractivity (Wildman–Crippen MR) is 261 cm³/mol. The Hall–Kier alpha value is -0.870. The van der Waals surface area contributed by atoms with Crippen LogP contribution < -0.4 is 0 Å². The summed E-state index contributed by atoms with van der Waals surface area (Å²) < 4.78 is 18.1. The molecule has 0 rings (SSSR count). The molecule has 0 aromatic rings. The monoisotopic (exact) mass is 833 g/mol. The van der Waals surface area contributed by atoms with Crippen LogP contribution >= 0.6 is 0 Å². The van der Waals surface area contributed by atoms with Crippen LogP contribution in [0.15, 0.2) is 12.2 Å². The standard InChI is InChI=1S/C55H108O4/c1-4-7-10-13-16-19-22-25-28-30-33-36-39-42-45-48-51-58-54(52-57-50-47-44-41-38-35-32-27-24-21-18-15-12-9-6-3)53-59-55(56)49-46-43-40-37-34-31-29-26-23-20-17-14-11-8-5-2/h25,28,54H,4-24,26-27,29-53H2,1-3H3/b28-25-. The van der Waals surface area contributed by atoms with Gasteiger partial charge in [-0.1, -0.05) is 264 Å². The Morgan fingerprint density at radius 3 is 1.03 bits per heavy atom. The van der Waals surface area contributed by atoms with Gasteiger partial charge in [0.2, 0.25) is 0 Å². The maximum Gasteiger partial charge on any atom is 0.305 e. The summed E-state index contributed by atoms with van der Waals surface area (Å²) in [5.74, 6) is -0.0717. The topological polar surface area (TPSA) is 44.8 Å². The summed E-state index contributed by atoms with van der Waals surface area (Å²) in [6.07, 6.45) is 62.7. The van der Waals surface area contributed by atoms with E-state index in [0.29, 0.717) is 19.6 Å². The molecule has 1 unspecified atom stereocenters. The summed E-state index contributed by atoms with van der Waals surface area (Å²) >= 11 is 0. The number of hydrogen-bond donors (Lipinski definition) is 0. The number of esters is 1. The molecule has 352 valence electrons. The highest BCUT2D eigenvalue weighted by molar-refractivity contribution is 5.69. The van der Waals surface area contributed by atoms with Gasteiger partial charge in [0.05, 0.1) is 6.61 Å². The zero-order valence-corrected chi connectivity index (χ0v) is 40.8. The minimum absolute atomic E-state index is 0.0717. The maximum atomic E-state index is 12.6. The van der Waals surface area contributed by atoms with Gasteiger partial charge in [-0.15, -0.1) is 0 Å². The van der Waals surface area contributed by atoms with Crippen molar-refractivity contribution in [1.29, 1.82) is 0 Å². The molecule has 1 atom stereocenters. The van der Waals surface area contributed by atoms with E-state index in [1.54, 1.807) is 0 Å². The third-order valence-corrected chi connectivity index (χ3v) is 12.4. The first kappa shape index (κ1) is 58.1. The van der Waals surface area contributed by atoms with Crippen molar-refractivity contribution in [3.05, 3.63) is 12.2 Å². The molecule has 0 radical (unpaired) electrons. The Balaban J connectivity index is 4.10. The predicted octanol–water partition coefficient (Wildman–Crippen LogP) is 18.7. The van der Waals surface area contributed by atoms with Crippen molar-refractivity contribution in [2.24, 2.45) is 0 Å². The lowest BCUT2D eigenvalue weighted by atomic mass is 10.0. The molecule has 0 spiro atoms. The van der Waals surface area contributed by atoms with Gasteiger partial charge in [-0.3, -0.25) is 4.79 Å². The summed E-state index contributed by atoms with van der Waals surface area (Å²) in [4.78, 5) is 12.6. The molecular weight excluding hydrogens is 725 g/mol. The van der Waals surface area contributed by atoms with Gasteiger partial charge < -0.3 is 14.2 Å². The first-order chi connectivity index (χ1) is 29.2. The van der Waals surface area contributed by atoms with E-state index in [4.69, 9.17) is 14.2 Å². The fraction of sp³-hybridized carbons (Fsp3) is 0.945. The number of rotatable bonds is 52. The van der Waals surface area contributed by atoms with Gasteiger partial charge >= 0.3 is 5.97 Å². The molecule has 0 aromatic heterocycles. The number of carbonyl (C=O) groups excluding carboxylic acids is 1. The summed E-state index contributed by atoms with van der Waals surface area (Å²) in [6.45, 7) is 9.22. The molecule has 0 aliphatic carbocycles. The van der Waals surface area contributed by atoms with Gasteiger partial charge in [-0.05, 0) is 44.9 Å². The van der Waals surface area contributed by atoms with Crippen LogP contribution in [0.3, 0.4) is 0 Å². The van der Waals surface area contributed by atoms with Crippen LogP contribution in [-0.2, 0) is 19.0 Å². The Bertz CT molecular complexity index is 796. The van der Waals surface area contributed by atoms with Crippen LogP contribution in [0.1, 0.15) is 303 Å². The largest absolute Gasteiger partial charge is 0.463 e. The Morgan fingerprint density at radius 2 is 0.661 bits per heavy atom. The van der Waals surface area contributed by atoms with Gasteiger partial charge in [0, 0.05) is 19.6 Å². The molecule has 0 saturated carbocycles. The summed E-state index contributed by atoms with van der Waals surface area (Å²) in [5, 5.41) is 0. The molecule has 0 fully saturated rings. The Morgan fingerprint density at radius 1 is 0.356 bits per heavy atom. The summed E-state index contributed by atoms with van der Waals surface area (Å²) in [7, 11) is 0. The van der Waals surface area contributed by atoms with Gasteiger partial charge in [-0.25, -0.2) is 0 Å². The fourth-order valence-corrected chi connectivity index (χ4v) is 8.26. The second-order valence-corrected chi connectivity index (χ2v) is 18.5. The number of allylic oxidation sites excluding steroid dienone is 2. The highest BCUT2D eigenvalue weighted by atomic mass is 16.6. The lowest BCUT2D eigenvalue weighted by molar-refractivity contribution is -0.150. The molecular formula is C55H108O4. The van der Waals surface area contributed by atoms with Crippen molar-refractivity contribution in [3.8, 4) is 0 Å². The van der Waals surface area contributed by atoms with Crippen molar-refractivity contribution in [2.45, 2.75) is 309 Å². The number of carbonyl (C=O) groups is 1. The lowest BCUT2D eigenvalue weighted by Gasteiger charge is -2.18. The van der Waals surface area contributed by atoms with Gasteiger partial charge in [0.25, 0.3) is 0 Å². The van der Waals surface area contributed by atoms with E-state index in [2.05, 4.69) is 32.9 Å². The van der Waals surface area contributed by atoms with Crippen molar-refractivity contribution in [2.75, 3.05) is 26.4 Å². The Kier molecular flexibility index (Phi) is 52.5. The first-order valence-electron chi connectivity index (χ1n) is 27.2. The average Bonchev–Trinajstić information content (AvgIpc) is 3.24. The lowest BCUT2D eigenvalue weighted by Crippen LogP contribution is -2.28. The minimum atomic E-state index is -0.158. The normalized spacial score (nSPS) is 12.3. The van der Waals surface area contributed by atoms with Crippen LogP contribution in [0.25, 0.3) is 0 Å². The molecule has 0 heterocycles.